The van der Waals surface area contributed by atoms with Gasteiger partial charge in [-0.25, -0.2) is 0 Å². The summed E-state index contributed by atoms with van der Waals surface area (Å²) >= 11 is 0. The van der Waals surface area contributed by atoms with Crippen molar-refractivity contribution in [2.75, 3.05) is 18.0 Å². The molecule has 0 radical (unpaired) electrons. The van der Waals surface area contributed by atoms with Gasteiger partial charge in [0.1, 0.15) is 0 Å². The largest absolute Gasteiger partial charge is 0.354 e. The van der Waals surface area contributed by atoms with Gasteiger partial charge in [0.2, 0.25) is 0 Å². The monoisotopic (exact) mass is 454 g/mol. The number of aryl methyl sites for hydroxylation is 1. The Hall–Kier alpha value is -1.84. The van der Waals surface area contributed by atoms with Gasteiger partial charge < -0.3 is 4.90 Å². The Labute approximate surface area is 203 Å². The fourth-order valence-corrected chi connectivity index (χ4v) is 4.66. The average Bonchev–Trinajstić information content (AvgIpc) is 3.38. The van der Waals surface area contributed by atoms with E-state index in [0.29, 0.717) is 0 Å². The van der Waals surface area contributed by atoms with E-state index in [1.54, 1.807) is 0 Å². The number of hydrogen-bond acceptors (Lipinski definition) is 3. The Bertz CT molecular complexity index is 641. The molecule has 0 amide bonds. The van der Waals surface area contributed by atoms with Crippen LogP contribution in [-0.2, 0) is 6.42 Å². The summed E-state index contributed by atoms with van der Waals surface area (Å²) in [7, 11) is 0. The van der Waals surface area contributed by atoms with Crippen LogP contribution in [0.4, 0.5) is 5.82 Å². The van der Waals surface area contributed by atoms with Crippen LogP contribution in [0.5, 0.6) is 0 Å². The number of hydrogen-bond donors (Lipinski definition) is 1. The van der Waals surface area contributed by atoms with E-state index in [9.17, 15) is 0 Å². The number of aromatic nitrogens is 3. The molecule has 0 spiro atoms. The minimum Gasteiger partial charge on any atom is -0.354 e. The highest BCUT2D eigenvalue weighted by Crippen LogP contribution is 2.15. The smallest absolute Gasteiger partial charge is 0.170 e. The topological polar surface area (TPSA) is 44.8 Å². The molecule has 0 aliphatic rings. The molecule has 0 bridgehead atoms. The van der Waals surface area contributed by atoms with Crippen molar-refractivity contribution in [1.29, 1.82) is 0 Å². The minimum atomic E-state index is 0.990. The number of unbranched alkanes of at least 4 members (excludes halogenated alkanes) is 15. The minimum absolute atomic E-state index is 0.990. The zero-order chi connectivity index (χ0) is 23.2. The lowest BCUT2D eigenvalue weighted by atomic mass is 10.0. The molecule has 0 atom stereocenters. The molecule has 186 valence electrons. The van der Waals surface area contributed by atoms with Gasteiger partial charge in [-0.2, -0.15) is 0 Å². The fourth-order valence-electron chi connectivity index (χ4n) is 4.66. The molecule has 2 rings (SSSR count). The van der Waals surface area contributed by atoms with Crippen LogP contribution in [0, 0.1) is 0 Å². The van der Waals surface area contributed by atoms with Gasteiger partial charge in [-0.05, 0) is 24.8 Å². The maximum Gasteiger partial charge on any atom is 0.170 e. The average molecular weight is 455 g/mol. The molecule has 0 unspecified atom stereocenters. The number of nitrogens with zero attached hydrogens (tertiary/aromatic N) is 3. The van der Waals surface area contributed by atoms with E-state index in [-0.39, 0.29) is 0 Å². The third-order valence-electron chi connectivity index (χ3n) is 6.75. The number of rotatable bonds is 22. The summed E-state index contributed by atoms with van der Waals surface area (Å²) in [4.78, 5) is 2.40. The molecule has 0 saturated heterocycles. The van der Waals surface area contributed by atoms with Crippen molar-refractivity contribution in [1.82, 2.24) is 15.4 Å². The molecule has 33 heavy (non-hydrogen) atoms. The molecule has 1 heterocycles. The van der Waals surface area contributed by atoms with Gasteiger partial charge in [0.05, 0.1) is 6.20 Å². The van der Waals surface area contributed by atoms with Crippen molar-refractivity contribution in [3.8, 4) is 0 Å². The quantitative estimate of drug-likeness (QED) is 0.181. The van der Waals surface area contributed by atoms with Gasteiger partial charge >= 0.3 is 0 Å². The number of nitrogens with one attached hydrogen (secondary N) is 1. The molecule has 1 aromatic heterocycles. The van der Waals surface area contributed by atoms with Crippen LogP contribution >= 0.6 is 0 Å². The van der Waals surface area contributed by atoms with Gasteiger partial charge in [-0.3, -0.25) is 5.10 Å². The molecule has 0 aliphatic carbocycles. The molecule has 0 aliphatic heterocycles. The predicted octanol–water partition coefficient (Wildman–Crippen LogP) is 8.51. The summed E-state index contributed by atoms with van der Waals surface area (Å²) in [5, 5.41) is 11.0. The second-order valence-electron chi connectivity index (χ2n) is 9.71. The zero-order valence-electron chi connectivity index (χ0n) is 21.4. The van der Waals surface area contributed by atoms with Crippen LogP contribution in [-0.4, -0.2) is 28.5 Å². The van der Waals surface area contributed by atoms with E-state index in [4.69, 9.17) is 0 Å². The second-order valence-corrected chi connectivity index (χ2v) is 9.71. The van der Waals surface area contributed by atoms with Crippen LogP contribution in [0.2, 0.25) is 0 Å². The summed E-state index contributed by atoms with van der Waals surface area (Å²) in [5.41, 5.74) is 1.42. The van der Waals surface area contributed by atoms with Crippen LogP contribution in [0.3, 0.4) is 0 Å². The molecule has 0 saturated carbocycles. The van der Waals surface area contributed by atoms with Crippen LogP contribution < -0.4 is 4.90 Å². The van der Waals surface area contributed by atoms with Crippen molar-refractivity contribution in [3.63, 3.8) is 0 Å². The van der Waals surface area contributed by atoms with Crippen molar-refractivity contribution in [2.24, 2.45) is 0 Å². The van der Waals surface area contributed by atoms with Gasteiger partial charge in [0.15, 0.2) is 5.82 Å². The number of anilines is 1. The molecule has 2 aromatic rings. The molecule has 1 N–H and O–H groups in total. The first-order valence-corrected chi connectivity index (χ1v) is 14.1. The molecule has 4 nitrogen and oxygen atoms in total. The second kappa shape index (κ2) is 19.6. The lowest BCUT2D eigenvalue weighted by Crippen LogP contribution is -2.26. The van der Waals surface area contributed by atoms with Gasteiger partial charge in [-0.1, -0.05) is 139 Å². The van der Waals surface area contributed by atoms with Crippen molar-refractivity contribution in [2.45, 2.75) is 122 Å². The predicted molar refractivity (Wildman–Crippen MR) is 143 cm³/mol. The highest BCUT2D eigenvalue weighted by atomic mass is 15.4. The first kappa shape index (κ1) is 27.4. The fraction of sp³-hybridized carbons (Fsp3) is 0.724. The molecular weight excluding hydrogens is 404 g/mol. The van der Waals surface area contributed by atoms with Gasteiger partial charge in [0.25, 0.3) is 0 Å². The van der Waals surface area contributed by atoms with Crippen molar-refractivity contribution >= 4 is 5.82 Å². The normalized spacial score (nSPS) is 11.2. The summed E-state index contributed by atoms with van der Waals surface area (Å²) < 4.78 is 0. The Morgan fingerprint density at radius 2 is 1.15 bits per heavy atom. The first-order chi connectivity index (χ1) is 16.4. The van der Waals surface area contributed by atoms with E-state index >= 15 is 0 Å². The molecule has 0 fully saturated rings. The molecule has 1 aromatic carbocycles. The maximum atomic E-state index is 4.25. The van der Waals surface area contributed by atoms with Crippen LogP contribution in [0.15, 0.2) is 36.5 Å². The number of benzene rings is 1. The Morgan fingerprint density at radius 3 is 1.67 bits per heavy atom. The summed E-state index contributed by atoms with van der Waals surface area (Å²) in [5.74, 6) is 0.990. The zero-order valence-corrected chi connectivity index (χ0v) is 21.4. The molecular formula is C29H50N4. The van der Waals surface area contributed by atoms with E-state index < -0.39 is 0 Å². The lowest BCUT2D eigenvalue weighted by molar-refractivity contribution is 0.528. The Kier molecular flexibility index (Phi) is 16.3. The summed E-state index contributed by atoms with van der Waals surface area (Å²) in [6, 6.07) is 10.8. The third-order valence-corrected chi connectivity index (χ3v) is 6.75. The van der Waals surface area contributed by atoms with Gasteiger partial charge in [-0.15, -0.1) is 5.10 Å². The number of H-pyrrole nitrogens is 1. The van der Waals surface area contributed by atoms with E-state index in [2.05, 4.69) is 57.6 Å². The van der Waals surface area contributed by atoms with E-state index in [0.717, 1.165) is 31.7 Å². The van der Waals surface area contributed by atoms with E-state index in [1.165, 1.54) is 108 Å². The summed E-state index contributed by atoms with van der Waals surface area (Å²) in [6.45, 7) is 4.42. The van der Waals surface area contributed by atoms with Crippen molar-refractivity contribution < 1.29 is 0 Å². The SMILES string of the molecule is CCCCCCCCCCCCCCCCCCN(CCCc1ccccc1)c1c[nH]nn1. The highest BCUT2D eigenvalue weighted by Gasteiger charge is 2.09. The van der Waals surface area contributed by atoms with Crippen molar-refractivity contribution in [3.05, 3.63) is 42.1 Å². The Morgan fingerprint density at radius 1 is 0.636 bits per heavy atom. The number of aromatic amines is 1. The van der Waals surface area contributed by atoms with Crippen LogP contribution in [0.25, 0.3) is 0 Å². The third kappa shape index (κ3) is 14.1. The standard InChI is InChI=1S/C29H50N4/c1-2-3-4-5-6-7-8-9-10-11-12-13-14-15-16-20-25-33(29-27-30-32-31-29)26-21-24-28-22-18-17-19-23-28/h17-19,22-23,27H,2-16,20-21,24-26H2,1H3,(H,30,31,32). The highest BCUT2D eigenvalue weighted by molar-refractivity contribution is 5.33. The van der Waals surface area contributed by atoms with Gasteiger partial charge in [0, 0.05) is 13.1 Å². The maximum absolute atomic E-state index is 4.25. The first-order valence-electron chi connectivity index (χ1n) is 14.1. The Balaban J connectivity index is 1.42. The van der Waals surface area contributed by atoms with E-state index in [1.807, 2.05) is 6.20 Å². The lowest BCUT2D eigenvalue weighted by Gasteiger charge is -2.21. The van der Waals surface area contributed by atoms with Crippen LogP contribution in [0.1, 0.15) is 122 Å². The summed E-state index contributed by atoms with van der Waals surface area (Å²) in [6.07, 6.45) is 26.8. The molecule has 4 heteroatoms.